The number of carbonyl (C=O) groups is 2. The van der Waals surface area contributed by atoms with Crippen molar-refractivity contribution in [2.24, 2.45) is 0 Å². The van der Waals surface area contributed by atoms with Crippen LogP contribution in [0.5, 0.6) is 5.75 Å². The van der Waals surface area contributed by atoms with Gasteiger partial charge in [0, 0.05) is 13.7 Å². The fourth-order valence-corrected chi connectivity index (χ4v) is 3.00. The lowest BCUT2D eigenvalue weighted by Gasteiger charge is -2.34. The summed E-state index contributed by atoms with van der Waals surface area (Å²) in [4.78, 5) is 25.5. The molecule has 0 spiro atoms. The number of amides is 1. The van der Waals surface area contributed by atoms with Crippen molar-refractivity contribution < 1.29 is 28.6 Å². The molecular weight excluding hydrogens is 305 g/mol. The lowest BCUT2D eigenvalue weighted by Crippen LogP contribution is -2.56. The van der Waals surface area contributed by atoms with E-state index in [-0.39, 0.29) is 24.7 Å². The second-order valence-electron chi connectivity index (χ2n) is 5.56. The third kappa shape index (κ3) is 3.29. The van der Waals surface area contributed by atoms with Crippen LogP contribution in [-0.2, 0) is 20.7 Å². The van der Waals surface area contributed by atoms with Gasteiger partial charge in [-0.15, -0.1) is 0 Å². The van der Waals surface area contributed by atoms with Crippen LogP contribution in [0, 0.1) is 5.82 Å². The largest absolute Gasteiger partial charge is 0.494 e. The van der Waals surface area contributed by atoms with Crippen LogP contribution >= 0.6 is 0 Å². The van der Waals surface area contributed by atoms with Gasteiger partial charge in [0.1, 0.15) is 0 Å². The maximum Gasteiger partial charge on any atom is 0.332 e. The van der Waals surface area contributed by atoms with Crippen LogP contribution in [0.25, 0.3) is 0 Å². The average Bonchev–Trinajstić information content (AvgIpc) is 2.93. The molecule has 23 heavy (non-hydrogen) atoms. The zero-order valence-corrected chi connectivity index (χ0v) is 13.2. The Morgan fingerprint density at radius 3 is 2.70 bits per heavy atom. The van der Waals surface area contributed by atoms with Crippen molar-refractivity contribution in [3.63, 3.8) is 0 Å². The number of halogens is 1. The van der Waals surface area contributed by atoms with E-state index in [1.54, 1.807) is 6.07 Å². The number of nitrogens with zero attached hydrogens (tertiary/aromatic N) is 1. The normalized spacial score (nSPS) is 20.6. The molecular formula is C16H20FNO5. The fourth-order valence-electron chi connectivity index (χ4n) is 3.00. The minimum absolute atomic E-state index is 0.0644. The molecule has 7 heteroatoms. The number of carboxylic acids is 1. The predicted octanol–water partition coefficient (Wildman–Crippen LogP) is 1.47. The standard InChI is InChI=1S/C16H20FNO5/c1-22-10-16(15(20)21)6-3-7-18(16)14(19)9-11-4-5-13(23-2)12(17)8-11/h4-5,8H,3,6-7,9-10H2,1-2H3,(H,20,21). The van der Waals surface area contributed by atoms with Gasteiger partial charge in [0.25, 0.3) is 0 Å². The maximum atomic E-state index is 13.7. The van der Waals surface area contributed by atoms with Crippen molar-refractivity contribution in [2.45, 2.75) is 24.8 Å². The van der Waals surface area contributed by atoms with Gasteiger partial charge < -0.3 is 19.5 Å². The molecule has 1 aliphatic rings. The third-order valence-electron chi connectivity index (χ3n) is 4.14. The Kier molecular flexibility index (Phi) is 5.20. The summed E-state index contributed by atoms with van der Waals surface area (Å²) < 4.78 is 23.6. The number of aliphatic carboxylic acids is 1. The molecule has 6 nitrogen and oxygen atoms in total. The van der Waals surface area contributed by atoms with E-state index in [1.165, 1.54) is 31.3 Å². The Balaban J connectivity index is 2.19. The number of ether oxygens (including phenoxy) is 2. The van der Waals surface area contributed by atoms with Gasteiger partial charge in [0.05, 0.1) is 20.1 Å². The summed E-state index contributed by atoms with van der Waals surface area (Å²) in [6.45, 7) is 0.290. The van der Waals surface area contributed by atoms with E-state index in [0.717, 1.165) is 0 Å². The molecule has 1 saturated heterocycles. The Morgan fingerprint density at radius 1 is 1.39 bits per heavy atom. The summed E-state index contributed by atoms with van der Waals surface area (Å²) in [6, 6.07) is 4.27. The molecule has 1 fully saturated rings. The molecule has 0 aliphatic carbocycles. The number of hydrogen-bond donors (Lipinski definition) is 1. The summed E-state index contributed by atoms with van der Waals surface area (Å²) in [6.07, 6.45) is 0.872. The molecule has 1 N–H and O–H groups in total. The summed E-state index contributed by atoms with van der Waals surface area (Å²) in [5, 5.41) is 9.54. The molecule has 1 unspecified atom stereocenters. The molecule has 1 atom stereocenters. The van der Waals surface area contributed by atoms with E-state index < -0.39 is 17.3 Å². The number of likely N-dealkylation sites (tertiary alicyclic amines) is 1. The van der Waals surface area contributed by atoms with Gasteiger partial charge in [-0.2, -0.15) is 0 Å². The Bertz CT molecular complexity index is 606. The van der Waals surface area contributed by atoms with Gasteiger partial charge in [0.15, 0.2) is 17.1 Å². The van der Waals surface area contributed by atoms with Crippen molar-refractivity contribution in [1.29, 1.82) is 0 Å². The summed E-state index contributed by atoms with van der Waals surface area (Å²) in [5.74, 6) is -1.89. The van der Waals surface area contributed by atoms with Gasteiger partial charge in [-0.1, -0.05) is 6.07 Å². The Morgan fingerprint density at radius 2 is 2.13 bits per heavy atom. The molecule has 1 aliphatic heterocycles. The second kappa shape index (κ2) is 6.95. The average molecular weight is 325 g/mol. The SMILES string of the molecule is COCC1(C(=O)O)CCCN1C(=O)Cc1ccc(OC)c(F)c1. The van der Waals surface area contributed by atoms with E-state index in [9.17, 15) is 19.1 Å². The molecule has 0 radical (unpaired) electrons. The lowest BCUT2D eigenvalue weighted by molar-refractivity contribution is -0.160. The molecule has 0 saturated carbocycles. The topological polar surface area (TPSA) is 76.1 Å². The van der Waals surface area contributed by atoms with Crippen molar-refractivity contribution in [3.8, 4) is 5.75 Å². The highest BCUT2D eigenvalue weighted by molar-refractivity contribution is 5.89. The molecule has 1 aromatic rings. The van der Waals surface area contributed by atoms with Gasteiger partial charge in [-0.25, -0.2) is 9.18 Å². The van der Waals surface area contributed by atoms with Crippen molar-refractivity contribution in [3.05, 3.63) is 29.6 Å². The zero-order chi connectivity index (χ0) is 17.0. The molecule has 0 aromatic heterocycles. The molecule has 126 valence electrons. The number of rotatable bonds is 6. The summed E-state index contributed by atoms with van der Waals surface area (Å²) in [7, 11) is 2.77. The highest BCUT2D eigenvalue weighted by atomic mass is 19.1. The first kappa shape index (κ1) is 17.2. The number of benzene rings is 1. The second-order valence-corrected chi connectivity index (χ2v) is 5.56. The number of carbonyl (C=O) groups excluding carboxylic acids is 1. The molecule has 0 bridgehead atoms. The van der Waals surface area contributed by atoms with Gasteiger partial charge in [-0.05, 0) is 30.5 Å². The van der Waals surface area contributed by atoms with E-state index in [0.29, 0.717) is 24.9 Å². The van der Waals surface area contributed by atoms with Crippen LogP contribution in [-0.4, -0.2) is 54.8 Å². The van der Waals surface area contributed by atoms with Crippen molar-refractivity contribution in [1.82, 2.24) is 4.90 Å². The maximum absolute atomic E-state index is 13.7. The molecule has 1 aromatic carbocycles. The Labute approximate surface area is 133 Å². The third-order valence-corrected chi connectivity index (χ3v) is 4.14. The molecule has 1 heterocycles. The summed E-state index contributed by atoms with van der Waals surface area (Å²) >= 11 is 0. The van der Waals surface area contributed by atoms with Crippen molar-refractivity contribution >= 4 is 11.9 Å². The molecule has 1 amide bonds. The first-order valence-corrected chi connectivity index (χ1v) is 7.30. The predicted molar refractivity (Wildman–Crippen MR) is 79.8 cm³/mol. The smallest absolute Gasteiger partial charge is 0.332 e. The van der Waals surface area contributed by atoms with Crippen molar-refractivity contribution in [2.75, 3.05) is 27.4 Å². The first-order valence-electron chi connectivity index (χ1n) is 7.30. The van der Waals surface area contributed by atoms with E-state index in [1.807, 2.05) is 0 Å². The summed E-state index contributed by atoms with van der Waals surface area (Å²) in [5.41, 5.74) is -0.867. The lowest BCUT2D eigenvalue weighted by atomic mass is 9.96. The zero-order valence-electron chi connectivity index (χ0n) is 13.2. The number of hydrogen-bond acceptors (Lipinski definition) is 4. The van der Waals surface area contributed by atoms with Crippen LogP contribution in [0.1, 0.15) is 18.4 Å². The highest BCUT2D eigenvalue weighted by Crippen LogP contribution is 2.31. The van der Waals surface area contributed by atoms with Crippen LogP contribution in [0.4, 0.5) is 4.39 Å². The fraction of sp³-hybridized carbons (Fsp3) is 0.500. The van der Waals surface area contributed by atoms with Gasteiger partial charge in [0.2, 0.25) is 5.91 Å². The minimum Gasteiger partial charge on any atom is -0.494 e. The van der Waals surface area contributed by atoms with Gasteiger partial charge >= 0.3 is 5.97 Å². The highest BCUT2D eigenvalue weighted by Gasteiger charge is 2.49. The molecule has 2 rings (SSSR count). The van der Waals surface area contributed by atoms with Crippen LogP contribution in [0.2, 0.25) is 0 Å². The van der Waals surface area contributed by atoms with Crippen LogP contribution in [0.3, 0.4) is 0 Å². The van der Waals surface area contributed by atoms with Gasteiger partial charge in [-0.3, -0.25) is 4.79 Å². The minimum atomic E-state index is -1.34. The number of carboxylic acid groups (broad SMARTS) is 1. The Hall–Kier alpha value is -2.15. The van der Waals surface area contributed by atoms with E-state index in [4.69, 9.17) is 9.47 Å². The monoisotopic (exact) mass is 325 g/mol. The van der Waals surface area contributed by atoms with Crippen LogP contribution in [0.15, 0.2) is 18.2 Å². The van der Waals surface area contributed by atoms with Crippen LogP contribution < -0.4 is 4.74 Å². The van der Waals surface area contributed by atoms with E-state index in [2.05, 4.69) is 0 Å². The first-order chi connectivity index (χ1) is 10.9. The van der Waals surface area contributed by atoms with E-state index >= 15 is 0 Å². The quantitative estimate of drug-likeness (QED) is 0.857. The number of methoxy groups -OCH3 is 2.